The summed E-state index contributed by atoms with van der Waals surface area (Å²) in [5.41, 5.74) is 6.34. The summed E-state index contributed by atoms with van der Waals surface area (Å²) in [7, 11) is 0. The van der Waals surface area contributed by atoms with Crippen LogP contribution in [-0.2, 0) is 16.0 Å². The van der Waals surface area contributed by atoms with Gasteiger partial charge in [0.25, 0.3) is 11.8 Å². The average molecular weight is 353 g/mol. The molecule has 1 atom stereocenters. The number of nitrogens with two attached hydrogens (primary N) is 1. The fourth-order valence-electron chi connectivity index (χ4n) is 2.42. The van der Waals surface area contributed by atoms with Gasteiger partial charge in [-0.15, -0.1) is 0 Å². The molecule has 9 heteroatoms. The van der Waals surface area contributed by atoms with E-state index < -0.39 is 23.6 Å². The third-order valence-corrected chi connectivity index (χ3v) is 3.68. The van der Waals surface area contributed by atoms with Crippen LogP contribution in [0.15, 0.2) is 53.6 Å². The molecule has 0 bridgehead atoms. The summed E-state index contributed by atoms with van der Waals surface area (Å²) in [6, 6.07) is 5.73. The Morgan fingerprint density at radius 1 is 1.27 bits per heavy atom. The number of primary amides is 1. The first kappa shape index (κ1) is 17.1. The number of nitrogens with zero attached hydrogens (tertiary/aromatic N) is 2. The monoisotopic (exact) mass is 353 g/mol. The van der Waals surface area contributed by atoms with E-state index in [1.807, 2.05) is 0 Å². The highest BCUT2D eigenvalue weighted by Crippen LogP contribution is 2.21. The van der Waals surface area contributed by atoms with Crippen LogP contribution in [-0.4, -0.2) is 38.8 Å². The molecule has 9 nitrogen and oxygen atoms in total. The number of carbonyl (C=O) groups is 3. The molecule has 3 heterocycles. The van der Waals surface area contributed by atoms with Crippen molar-refractivity contribution in [1.29, 1.82) is 0 Å². The number of Topliss-reactive ketones (excluding diaryl/α,β-unsaturated/α-hetero) is 1. The summed E-state index contributed by atoms with van der Waals surface area (Å²) in [5.74, 6) is -2.48. The second-order valence-electron chi connectivity index (χ2n) is 5.46. The minimum atomic E-state index is -1.12. The summed E-state index contributed by atoms with van der Waals surface area (Å²) in [6.45, 7) is 0. The Kier molecular flexibility index (Phi) is 4.88. The van der Waals surface area contributed by atoms with Gasteiger partial charge in [0.1, 0.15) is 17.3 Å². The molecule has 3 aromatic rings. The number of carbonyl (C=O) groups excluding carboxylic acids is 3. The van der Waals surface area contributed by atoms with Crippen molar-refractivity contribution in [2.24, 2.45) is 5.73 Å². The molecule has 26 heavy (non-hydrogen) atoms. The number of ketones is 1. The third kappa shape index (κ3) is 3.66. The van der Waals surface area contributed by atoms with Gasteiger partial charge in [-0.3, -0.25) is 19.4 Å². The van der Waals surface area contributed by atoms with Gasteiger partial charge >= 0.3 is 0 Å². The van der Waals surface area contributed by atoms with Crippen molar-refractivity contribution in [2.45, 2.75) is 12.5 Å². The number of hydrogen-bond donors (Lipinski definition) is 3. The van der Waals surface area contributed by atoms with Crippen LogP contribution in [0.25, 0.3) is 11.5 Å². The first-order chi connectivity index (χ1) is 12.6. The highest BCUT2D eigenvalue weighted by atomic mass is 16.5. The largest absolute Gasteiger partial charge is 0.367 e. The van der Waals surface area contributed by atoms with Crippen molar-refractivity contribution in [3.05, 3.63) is 60.2 Å². The minimum absolute atomic E-state index is 0.0973. The van der Waals surface area contributed by atoms with Crippen LogP contribution in [0.4, 0.5) is 0 Å². The molecule has 0 saturated carbocycles. The SMILES string of the molecule is NC(=O)C(=O)C(Cc1cc[nH]c1)NC(=O)c1cnoc1-c1ccccn1. The zero-order valence-corrected chi connectivity index (χ0v) is 13.5. The Hall–Kier alpha value is -3.75. The normalized spacial score (nSPS) is 11.7. The van der Waals surface area contributed by atoms with Gasteiger partial charge in [-0.25, -0.2) is 0 Å². The quantitative estimate of drug-likeness (QED) is 0.526. The van der Waals surface area contributed by atoms with Crippen molar-refractivity contribution in [3.8, 4) is 11.5 Å². The summed E-state index contributed by atoms with van der Waals surface area (Å²) >= 11 is 0. The smallest absolute Gasteiger partial charge is 0.287 e. The maximum atomic E-state index is 12.6. The van der Waals surface area contributed by atoms with Gasteiger partial charge < -0.3 is 20.6 Å². The van der Waals surface area contributed by atoms with E-state index in [0.717, 1.165) is 5.56 Å². The van der Waals surface area contributed by atoms with Crippen LogP contribution in [0.3, 0.4) is 0 Å². The van der Waals surface area contributed by atoms with E-state index in [2.05, 4.69) is 20.4 Å². The second kappa shape index (κ2) is 7.43. The number of hydrogen-bond acceptors (Lipinski definition) is 6. The Balaban J connectivity index is 1.83. The minimum Gasteiger partial charge on any atom is -0.367 e. The molecule has 3 aromatic heterocycles. The molecule has 1 unspecified atom stereocenters. The molecule has 132 valence electrons. The summed E-state index contributed by atoms with van der Waals surface area (Å²) in [6.07, 6.45) is 6.21. The molecule has 0 aliphatic rings. The average Bonchev–Trinajstić information content (AvgIpc) is 3.32. The highest BCUT2D eigenvalue weighted by Gasteiger charge is 2.28. The first-order valence-electron chi connectivity index (χ1n) is 7.68. The Morgan fingerprint density at radius 2 is 2.12 bits per heavy atom. The first-order valence-corrected chi connectivity index (χ1v) is 7.68. The fraction of sp³-hybridized carbons (Fsp3) is 0.118. The van der Waals surface area contributed by atoms with E-state index in [-0.39, 0.29) is 17.7 Å². The van der Waals surface area contributed by atoms with Crippen molar-refractivity contribution in [3.63, 3.8) is 0 Å². The number of aromatic nitrogens is 3. The molecular formula is C17H15N5O4. The molecule has 0 fully saturated rings. The maximum absolute atomic E-state index is 12.6. The molecule has 0 aliphatic heterocycles. The summed E-state index contributed by atoms with van der Waals surface area (Å²) < 4.78 is 5.11. The van der Waals surface area contributed by atoms with Gasteiger partial charge in [0, 0.05) is 25.0 Å². The molecule has 0 saturated heterocycles. The molecule has 2 amide bonds. The zero-order chi connectivity index (χ0) is 18.5. The second-order valence-corrected chi connectivity index (χ2v) is 5.46. The molecule has 4 N–H and O–H groups in total. The van der Waals surface area contributed by atoms with Gasteiger partial charge in [0.05, 0.1) is 6.20 Å². The van der Waals surface area contributed by atoms with Crippen molar-refractivity contribution in [2.75, 3.05) is 0 Å². The maximum Gasteiger partial charge on any atom is 0.287 e. The van der Waals surface area contributed by atoms with E-state index >= 15 is 0 Å². The number of aromatic amines is 1. The van der Waals surface area contributed by atoms with Crippen LogP contribution in [0.5, 0.6) is 0 Å². The topological polar surface area (TPSA) is 144 Å². The summed E-state index contributed by atoms with van der Waals surface area (Å²) in [4.78, 5) is 42.9. The van der Waals surface area contributed by atoms with E-state index in [9.17, 15) is 14.4 Å². The number of pyridine rings is 1. The van der Waals surface area contributed by atoms with Crippen LogP contribution < -0.4 is 11.1 Å². The lowest BCUT2D eigenvalue weighted by molar-refractivity contribution is -0.137. The van der Waals surface area contributed by atoms with Crippen molar-refractivity contribution >= 4 is 17.6 Å². The lowest BCUT2D eigenvalue weighted by atomic mass is 10.0. The van der Waals surface area contributed by atoms with Gasteiger partial charge in [0.2, 0.25) is 5.78 Å². The fourth-order valence-corrected chi connectivity index (χ4v) is 2.42. The van der Waals surface area contributed by atoms with Gasteiger partial charge in [0.15, 0.2) is 5.76 Å². The van der Waals surface area contributed by atoms with Crippen molar-refractivity contribution in [1.82, 2.24) is 20.4 Å². The standard InChI is InChI=1S/C17H15N5O4/c18-16(24)14(23)13(7-10-4-6-19-8-10)22-17(25)11-9-21-26-15(11)12-3-1-2-5-20-12/h1-6,8-9,13,19H,7H2,(H2,18,24)(H,22,25). The Labute approximate surface area is 147 Å². The Bertz CT molecular complexity index is 918. The summed E-state index contributed by atoms with van der Waals surface area (Å²) in [5, 5.41) is 6.14. The molecule has 0 radical (unpaired) electrons. The lowest BCUT2D eigenvalue weighted by Crippen LogP contribution is -2.47. The number of rotatable bonds is 7. The zero-order valence-electron chi connectivity index (χ0n) is 13.5. The van der Waals surface area contributed by atoms with Crippen molar-refractivity contribution < 1.29 is 18.9 Å². The molecule has 0 aliphatic carbocycles. The van der Waals surface area contributed by atoms with E-state index in [1.54, 1.807) is 42.9 Å². The van der Waals surface area contributed by atoms with E-state index in [0.29, 0.717) is 5.69 Å². The van der Waals surface area contributed by atoms with E-state index in [1.165, 1.54) is 6.20 Å². The lowest BCUT2D eigenvalue weighted by Gasteiger charge is -2.15. The van der Waals surface area contributed by atoms with Crippen LogP contribution >= 0.6 is 0 Å². The molecular weight excluding hydrogens is 338 g/mol. The van der Waals surface area contributed by atoms with Crippen LogP contribution in [0, 0.1) is 0 Å². The van der Waals surface area contributed by atoms with Crippen LogP contribution in [0.2, 0.25) is 0 Å². The van der Waals surface area contributed by atoms with Gasteiger partial charge in [-0.2, -0.15) is 0 Å². The highest BCUT2D eigenvalue weighted by molar-refractivity contribution is 6.38. The van der Waals surface area contributed by atoms with E-state index in [4.69, 9.17) is 10.3 Å². The molecule has 3 rings (SSSR count). The predicted octanol–water partition coefficient (Wildman–Crippen LogP) is 0.460. The van der Waals surface area contributed by atoms with Gasteiger partial charge in [-0.1, -0.05) is 11.2 Å². The molecule has 0 spiro atoms. The Morgan fingerprint density at radius 3 is 2.77 bits per heavy atom. The van der Waals surface area contributed by atoms with Crippen LogP contribution in [0.1, 0.15) is 15.9 Å². The number of amides is 2. The van der Waals surface area contributed by atoms with Gasteiger partial charge in [-0.05, 0) is 23.8 Å². The number of nitrogens with one attached hydrogen (secondary N) is 2. The number of H-pyrrole nitrogens is 1. The predicted molar refractivity (Wildman–Crippen MR) is 89.7 cm³/mol. The third-order valence-electron chi connectivity index (χ3n) is 3.68. The molecule has 0 aromatic carbocycles.